The molecule has 0 aliphatic carbocycles. The summed E-state index contributed by atoms with van der Waals surface area (Å²) < 4.78 is 11.7. The van der Waals surface area contributed by atoms with E-state index in [0.29, 0.717) is 13.2 Å². The van der Waals surface area contributed by atoms with Crippen LogP contribution in [0.5, 0.6) is 0 Å². The van der Waals surface area contributed by atoms with Crippen molar-refractivity contribution in [2.45, 2.75) is 26.3 Å². The van der Waals surface area contributed by atoms with Crippen molar-refractivity contribution in [3.8, 4) is 6.07 Å². The first-order valence-electron chi connectivity index (χ1n) is 6.20. The lowest BCUT2D eigenvalue weighted by Gasteiger charge is -2.08. The first-order valence-corrected chi connectivity index (χ1v) is 6.20. The van der Waals surface area contributed by atoms with Crippen LogP contribution in [0, 0.1) is 11.3 Å². The molecule has 0 amide bonds. The van der Waals surface area contributed by atoms with E-state index in [1.807, 2.05) is 13.0 Å². The second kappa shape index (κ2) is 7.44. The lowest BCUT2D eigenvalue weighted by atomic mass is 10.3. The Hall–Kier alpha value is -2.00. The van der Waals surface area contributed by atoms with Gasteiger partial charge >= 0.3 is 5.97 Å². The Balaban J connectivity index is 2.76. The molecule has 1 aromatic heterocycles. The van der Waals surface area contributed by atoms with Crippen molar-refractivity contribution in [2.24, 2.45) is 0 Å². The summed E-state index contributed by atoms with van der Waals surface area (Å²) in [5.41, 5.74) is 6.46. The average molecular weight is 265 g/mol. The van der Waals surface area contributed by atoms with Crippen molar-refractivity contribution in [1.29, 1.82) is 5.26 Å². The summed E-state index contributed by atoms with van der Waals surface area (Å²) in [5, 5.41) is 8.93. The molecule has 0 bridgehead atoms. The number of nitrogen functional groups attached to an aromatic ring is 1. The molecule has 6 heteroatoms. The number of anilines is 1. The van der Waals surface area contributed by atoms with Crippen molar-refractivity contribution < 1.29 is 14.3 Å². The zero-order valence-electron chi connectivity index (χ0n) is 11.3. The van der Waals surface area contributed by atoms with Crippen LogP contribution in [0.4, 0.5) is 5.69 Å². The van der Waals surface area contributed by atoms with E-state index in [0.717, 1.165) is 19.4 Å². The topological polar surface area (TPSA) is 90.3 Å². The van der Waals surface area contributed by atoms with Crippen LogP contribution >= 0.6 is 0 Å². The molecule has 104 valence electrons. The smallest absolute Gasteiger partial charge is 0.356 e. The number of esters is 1. The molecular weight excluding hydrogens is 246 g/mol. The van der Waals surface area contributed by atoms with E-state index in [9.17, 15) is 4.79 Å². The Morgan fingerprint density at radius 3 is 2.84 bits per heavy atom. The molecule has 0 unspecified atom stereocenters. The van der Waals surface area contributed by atoms with Crippen LogP contribution < -0.4 is 5.73 Å². The number of hydrogen-bond acceptors (Lipinski definition) is 5. The molecule has 2 N–H and O–H groups in total. The molecule has 0 aliphatic heterocycles. The highest BCUT2D eigenvalue weighted by Crippen LogP contribution is 2.21. The zero-order valence-corrected chi connectivity index (χ0v) is 11.3. The Labute approximate surface area is 112 Å². The van der Waals surface area contributed by atoms with Gasteiger partial charge in [-0.1, -0.05) is 6.92 Å². The van der Waals surface area contributed by atoms with Crippen LogP contribution in [-0.2, 0) is 16.0 Å². The third-order valence-corrected chi connectivity index (χ3v) is 2.65. The van der Waals surface area contributed by atoms with E-state index < -0.39 is 5.97 Å². The van der Waals surface area contributed by atoms with Crippen LogP contribution in [0.25, 0.3) is 0 Å². The van der Waals surface area contributed by atoms with Crippen molar-refractivity contribution in [3.05, 3.63) is 17.5 Å². The van der Waals surface area contributed by atoms with E-state index in [2.05, 4.69) is 4.74 Å². The van der Waals surface area contributed by atoms with Gasteiger partial charge in [-0.2, -0.15) is 5.26 Å². The molecule has 0 saturated heterocycles. The van der Waals surface area contributed by atoms with Gasteiger partial charge in [0.05, 0.1) is 18.4 Å². The summed E-state index contributed by atoms with van der Waals surface area (Å²) in [7, 11) is 1.29. The number of nitriles is 1. The molecule has 0 aliphatic rings. The fourth-order valence-electron chi connectivity index (χ4n) is 1.74. The molecule has 0 fully saturated rings. The number of nitrogens with zero attached hydrogens (tertiary/aromatic N) is 2. The first kappa shape index (κ1) is 15.1. The maximum absolute atomic E-state index is 11.7. The van der Waals surface area contributed by atoms with E-state index in [4.69, 9.17) is 15.7 Å². The van der Waals surface area contributed by atoms with Gasteiger partial charge in [0.25, 0.3) is 0 Å². The van der Waals surface area contributed by atoms with Crippen molar-refractivity contribution in [3.63, 3.8) is 0 Å². The Kier molecular flexibility index (Phi) is 5.90. The van der Waals surface area contributed by atoms with Crippen LogP contribution in [0.3, 0.4) is 0 Å². The molecule has 0 radical (unpaired) electrons. The van der Waals surface area contributed by atoms with E-state index >= 15 is 0 Å². The van der Waals surface area contributed by atoms with Crippen molar-refractivity contribution >= 4 is 11.7 Å². The van der Waals surface area contributed by atoms with Crippen molar-refractivity contribution in [1.82, 2.24) is 4.57 Å². The molecule has 1 heterocycles. The Bertz CT molecular complexity index is 474. The lowest BCUT2D eigenvalue weighted by molar-refractivity contribution is 0.0588. The number of carbonyl (C=O) groups is 1. The summed E-state index contributed by atoms with van der Waals surface area (Å²) in [6, 6.07) is 1.96. The van der Waals surface area contributed by atoms with Crippen LogP contribution in [-0.4, -0.2) is 30.9 Å². The number of hydrogen-bond donors (Lipinski definition) is 1. The van der Waals surface area contributed by atoms with Gasteiger partial charge in [0.1, 0.15) is 6.07 Å². The number of aryl methyl sites for hydroxylation is 1. The minimum Gasteiger partial charge on any atom is -0.464 e. The summed E-state index contributed by atoms with van der Waals surface area (Å²) >= 11 is 0. The molecular formula is C13H19N3O3. The standard InChI is InChI=1S/C13H19N3O3/c1-3-6-19-7-4-5-16-9-10(8-14)11(15)12(16)13(17)18-2/h9H,3-7,15H2,1-2H3. The molecule has 0 aromatic carbocycles. The highest BCUT2D eigenvalue weighted by molar-refractivity contribution is 5.95. The monoisotopic (exact) mass is 265 g/mol. The largest absolute Gasteiger partial charge is 0.464 e. The predicted octanol–water partition coefficient (Wildman–Crippen LogP) is 1.55. The highest BCUT2D eigenvalue weighted by Gasteiger charge is 2.20. The third-order valence-electron chi connectivity index (χ3n) is 2.65. The number of methoxy groups -OCH3 is 1. The van der Waals surface area contributed by atoms with Gasteiger partial charge in [-0.05, 0) is 12.8 Å². The van der Waals surface area contributed by atoms with Gasteiger partial charge in [-0.25, -0.2) is 4.79 Å². The number of nitrogens with two attached hydrogens (primary N) is 1. The van der Waals surface area contributed by atoms with Crippen LogP contribution in [0.15, 0.2) is 6.20 Å². The summed E-state index contributed by atoms with van der Waals surface area (Å²) in [6.07, 6.45) is 3.28. The Morgan fingerprint density at radius 2 is 2.26 bits per heavy atom. The summed E-state index contributed by atoms with van der Waals surface area (Å²) in [4.78, 5) is 11.7. The molecule has 1 rings (SSSR count). The molecule has 0 spiro atoms. The first-order chi connectivity index (χ1) is 9.15. The SMILES string of the molecule is CCCOCCCn1cc(C#N)c(N)c1C(=O)OC. The normalized spacial score (nSPS) is 10.2. The van der Waals surface area contributed by atoms with Gasteiger partial charge < -0.3 is 19.8 Å². The van der Waals surface area contributed by atoms with E-state index in [-0.39, 0.29) is 16.9 Å². The summed E-state index contributed by atoms with van der Waals surface area (Å²) in [6.45, 7) is 3.93. The number of aromatic nitrogens is 1. The van der Waals surface area contributed by atoms with Gasteiger partial charge in [0.2, 0.25) is 0 Å². The van der Waals surface area contributed by atoms with Gasteiger partial charge in [-0.3, -0.25) is 0 Å². The minimum atomic E-state index is -0.534. The second-order valence-electron chi connectivity index (χ2n) is 4.07. The quantitative estimate of drug-likeness (QED) is 0.596. The fraction of sp³-hybridized carbons (Fsp3) is 0.538. The van der Waals surface area contributed by atoms with Gasteiger partial charge in [0, 0.05) is 26.0 Å². The van der Waals surface area contributed by atoms with E-state index in [1.54, 1.807) is 10.8 Å². The second-order valence-corrected chi connectivity index (χ2v) is 4.07. The highest BCUT2D eigenvalue weighted by atomic mass is 16.5. The molecule has 6 nitrogen and oxygen atoms in total. The molecule has 0 atom stereocenters. The molecule has 19 heavy (non-hydrogen) atoms. The summed E-state index contributed by atoms with van der Waals surface area (Å²) in [5.74, 6) is -0.534. The maximum Gasteiger partial charge on any atom is 0.356 e. The zero-order chi connectivity index (χ0) is 14.3. The van der Waals surface area contributed by atoms with Crippen molar-refractivity contribution in [2.75, 3.05) is 26.1 Å². The van der Waals surface area contributed by atoms with Crippen LogP contribution in [0.1, 0.15) is 35.8 Å². The van der Waals surface area contributed by atoms with Gasteiger partial charge in [-0.15, -0.1) is 0 Å². The number of ether oxygens (including phenoxy) is 2. The minimum absolute atomic E-state index is 0.170. The number of rotatable bonds is 7. The number of carbonyl (C=O) groups excluding carboxylic acids is 1. The average Bonchev–Trinajstić information content (AvgIpc) is 2.74. The molecule has 0 saturated carbocycles. The lowest BCUT2D eigenvalue weighted by Crippen LogP contribution is -2.13. The van der Waals surface area contributed by atoms with Crippen LogP contribution in [0.2, 0.25) is 0 Å². The Morgan fingerprint density at radius 1 is 1.53 bits per heavy atom. The third kappa shape index (κ3) is 3.73. The predicted molar refractivity (Wildman–Crippen MR) is 70.6 cm³/mol. The van der Waals surface area contributed by atoms with E-state index in [1.165, 1.54) is 7.11 Å². The maximum atomic E-state index is 11.7. The molecule has 1 aromatic rings. The van der Waals surface area contributed by atoms with Gasteiger partial charge in [0.15, 0.2) is 5.69 Å². The fourth-order valence-corrected chi connectivity index (χ4v) is 1.74.